The molecule has 2 aromatic rings. The van der Waals surface area contributed by atoms with Crippen molar-refractivity contribution in [1.82, 2.24) is 15.0 Å². The molecular weight excluding hydrogens is 472 g/mol. The molecule has 10 heteroatoms. The number of carbonyl (C=O) groups excluding carboxylic acids is 2. The van der Waals surface area contributed by atoms with E-state index in [0.717, 1.165) is 22.9 Å². The van der Waals surface area contributed by atoms with Crippen molar-refractivity contribution in [3.63, 3.8) is 0 Å². The highest BCUT2D eigenvalue weighted by Gasteiger charge is 2.27. The standard InChI is InChI=1S/C20H21BrN4O4S/c21-17-7-3-15(4-8-17)13-23-24-19(26)14-22-20(27)16-5-9-18(10-6-16)30(28,29)25-11-1-2-12-25/h3-10,13H,1-2,11-12,14H2,(H,22,27)(H,24,26)/b23-13+. The Morgan fingerprint density at radius 2 is 1.67 bits per heavy atom. The molecule has 2 aromatic carbocycles. The van der Waals surface area contributed by atoms with Crippen LogP contribution in [0.1, 0.15) is 28.8 Å². The van der Waals surface area contributed by atoms with Crippen LogP contribution in [0.15, 0.2) is 63.0 Å². The monoisotopic (exact) mass is 492 g/mol. The normalized spacial score (nSPS) is 14.7. The van der Waals surface area contributed by atoms with Crippen molar-refractivity contribution in [2.24, 2.45) is 5.10 Å². The van der Waals surface area contributed by atoms with Crippen LogP contribution >= 0.6 is 15.9 Å². The number of benzene rings is 2. The number of halogens is 1. The van der Waals surface area contributed by atoms with Gasteiger partial charge in [0.1, 0.15) is 0 Å². The molecule has 0 bridgehead atoms. The first-order valence-corrected chi connectivity index (χ1v) is 11.6. The fraction of sp³-hybridized carbons (Fsp3) is 0.250. The summed E-state index contributed by atoms with van der Waals surface area (Å²) in [4.78, 5) is 24.2. The SMILES string of the molecule is O=C(CNC(=O)c1ccc(S(=O)(=O)N2CCCC2)cc1)N/N=C/c1ccc(Br)cc1. The first-order chi connectivity index (χ1) is 14.4. The van der Waals surface area contributed by atoms with Crippen molar-refractivity contribution in [3.8, 4) is 0 Å². The Morgan fingerprint density at radius 1 is 1.03 bits per heavy atom. The summed E-state index contributed by atoms with van der Waals surface area (Å²) in [7, 11) is -3.52. The molecule has 1 fully saturated rings. The number of hydrazone groups is 1. The maximum atomic E-state index is 12.5. The number of hydrogen-bond donors (Lipinski definition) is 2. The molecular formula is C20H21BrN4O4S. The smallest absolute Gasteiger partial charge is 0.259 e. The number of sulfonamides is 1. The summed E-state index contributed by atoms with van der Waals surface area (Å²) in [5, 5.41) is 6.31. The minimum Gasteiger partial charge on any atom is -0.343 e. The lowest BCUT2D eigenvalue weighted by molar-refractivity contribution is -0.120. The average molecular weight is 493 g/mol. The molecule has 0 atom stereocenters. The summed E-state index contributed by atoms with van der Waals surface area (Å²) in [5.41, 5.74) is 3.41. The minimum absolute atomic E-state index is 0.154. The highest BCUT2D eigenvalue weighted by Crippen LogP contribution is 2.21. The van der Waals surface area contributed by atoms with Gasteiger partial charge in [-0.3, -0.25) is 9.59 Å². The maximum Gasteiger partial charge on any atom is 0.259 e. The van der Waals surface area contributed by atoms with Gasteiger partial charge in [0.15, 0.2) is 0 Å². The van der Waals surface area contributed by atoms with Crippen molar-refractivity contribution >= 4 is 44.0 Å². The van der Waals surface area contributed by atoms with Crippen LogP contribution in [-0.2, 0) is 14.8 Å². The summed E-state index contributed by atoms with van der Waals surface area (Å²) in [6.07, 6.45) is 3.20. The molecule has 1 aliphatic rings. The molecule has 0 unspecified atom stereocenters. The molecule has 0 spiro atoms. The van der Waals surface area contributed by atoms with Gasteiger partial charge in [-0.1, -0.05) is 28.1 Å². The summed E-state index contributed by atoms with van der Waals surface area (Å²) in [6, 6.07) is 13.0. The minimum atomic E-state index is -3.52. The van der Waals surface area contributed by atoms with E-state index in [4.69, 9.17) is 0 Å². The fourth-order valence-corrected chi connectivity index (χ4v) is 4.67. The zero-order valence-electron chi connectivity index (χ0n) is 16.0. The van der Waals surface area contributed by atoms with Crippen molar-refractivity contribution in [2.45, 2.75) is 17.7 Å². The van der Waals surface area contributed by atoms with Gasteiger partial charge in [0.25, 0.3) is 11.8 Å². The lowest BCUT2D eigenvalue weighted by Crippen LogP contribution is -2.35. The van der Waals surface area contributed by atoms with Crippen LogP contribution < -0.4 is 10.7 Å². The fourth-order valence-electron chi connectivity index (χ4n) is 2.89. The van der Waals surface area contributed by atoms with E-state index >= 15 is 0 Å². The topological polar surface area (TPSA) is 108 Å². The highest BCUT2D eigenvalue weighted by molar-refractivity contribution is 9.10. The molecule has 1 saturated heterocycles. The number of amides is 2. The number of nitrogens with zero attached hydrogens (tertiary/aromatic N) is 2. The van der Waals surface area contributed by atoms with Crippen molar-refractivity contribution < 1.29 is 18.0 Å². The van der Waals surface area contributed by atoms with Crippen molar-refractivity contribution in [3.05, 3.63) is 64.1 Å². The van der Waals surface area contributed by atoms with E-state index in [1.165, 1.54) is 34.8 Å². The van der Waals surface area contributed by atoms with Gasteiger partial charge in [0.05, 0.1) is 17.7 Å². The molecule has 0 radical (unpaired) electrons. The Kier molecular flexibility index (Phi) is 7.35. The van der Waals surface area contributed by atoms with Gasteiger partial charge in [0, 0.05) is 23.1 Å². The Hall–Kier alpha value is -2.56. The summed E-state index contributed by atoms with van der Waals surface area (Å²) in [6.45, 7) is 0.776. The number of carbonyl (C=O) groups is 2. The van der Waals surface area contributed by atoms with Crippen LogP contribution in [0.5, 0.6) is 0 Å². The lowest BCUT2D eigenvalue weighted by Gasteiger charge is -2.15. The van der Waals surface area contributed by atoms with Gasteiger partial charge < -0.3 is 5.32 Å². The van der Waals surface area contributed by atoms with Crippen LogP contribution in [0.2, 0.25) is 0 Å². The number of rotatable bonds is 7. The summed E-state index contributed by atoms with van der Waals surface area (Å²) < 4.78 is 27.4. The third-order valence-electron chi connectivity index (χ3n) is 4.50. The number of hydrogen-bond acceptors (Lipinski definition) is 5. The van der Waals surface area contributed by atoms with E-state index in [9.17, 15) is 18.0 Å². The summed E-state index contributed by atoms with van der Waals surface area (Å²) >= 11 is 3.33. The highest BCUT2D eigenvalue weighted by atomic mass is 79.9. The molecule has 30 heavy (non-hydrogen) atoms. The molecule has 1 aliphatic heterocycles. The van der Waals surface area contributed by atoms with Gasteiger partial charge in [-0.25, -0.2) is 13.8 Å². The first kappa shape index (κ1) is 22.1. The Balaban J connectivity index is 1.49. The number of nitrogens with one attached hydrogen (secondary N) is 2. The van der Waals surface area contributed by atoms with Crippen LogP contribution in [0.4, 0.5) is 0 Å². The van der Waals surface area contributed by atoms with Gasteiger partial charge in [-0.2, -0.15) is 9.41 Å². The van der Waals surface area contributed by atoms with Crippen LogP contribution in [0.25, 0.3) is 0 Å². The van der Waals surface area contributed by atoms with Gasteiger partial charge in [-0.05, 0) is 54.8 Å². The van der Waals surface area contributed by atoms with Gasteiger partial charge >= 0.3 is 0 Å². The molecule has 0 saturated carbocycles. The van der Waals surface area contributed by atoms with Crippen LogP contribution in [-0.4, -0.2) is 50.4 Å². The summed E-state index contributed by atoms with van der Waals surface area (Å²) in [5.74, 6) is -0.961. The van der Waals surface area contributed by atoms with E-state index in [1.54, 1.807) is 0 Å². The second-order valence-corrected chi connectivity index (χ2v) is 9.52. The first-order valence-electron chi connectivity index (χ1n) is 9.32. The molecule has 0 aliphatic carbocycles. The third-order valence-corrected chi connectivity index (χ3v) is 6.94. The van der Waals surface area contributed by atoms with Gasteiger partial charge in [-0.15, -0.1) is 0 Å². The predicted molar refractivity (Wildman–Crippen MR) is 117 cm³/mol. The van der Waals surface area contributed by atoms with E-state index in [-0.39, 0.29) is 17.0 Å². The zero-order valence-corrected chi connectivity index (χ0v) is 18.4. The van der Waals surface area contributed by atoms with E-state index in [1.807, 2.05) is 24.3 Å². The molecule has 2 N–H and O–H groups in total. The van der Waals surface area contributed by atoms with Crippen LogP contribution in [0, 0.1) is 0 Å². The molecule has 8 nitrogen and oxygen atoms in total. The van der Waals surface area contributed by atoms with Gasteiger partial charge in [0.2, 0.25) is 10.0 Å². The molecule has 2 amide bonds. The molecule has 158 valence electrons. The Bertz CT molecular complexity index is 1030. The zero-order chi connectivity index (χ0) is 21.6. The van der Waals surface area contributed by atoms with Crippen molar-refractivity contribution in [1.29, 1.82) is 0 Å². The second kappa shape index (κ2) is 9.96. The van der Waals surface area contributed by atoms with E-state index in [0.29, 0.717) is 13.1 Å². The second-order valence-electron chi connectivity index (χ2n) is 6.66. The Labute approximate surface area is 183 Å². The Morgan fingerprint density at radius 3 is 2.30 bits per heavy atom. The quantitative estimate of drug-likeness (QED) is 0.455. The molecule has 1 heterocycles. The largest absolute Gasteiger partial charge is 0.343 e. The molecule has 0 aromatic heterocycles. The average Bonchev–Trinajstić information content (AvgIpc) is 3.29. The van der Waals surface area contributed by atoms with Crippen molar-refractivity contribution in [2.75, 3.05) is 19.6 Å². The molecule has 3 rings (SSSR count). The maximum absolute atomic E-state index is 12.5. The lowest BCUT2D eigenvalue weighted by atomic mass is 10.2. The predicted octanol–water partition coefficient (Wildman–Crippen LogP) is 2.11. The van der Waals surface area contributed by atoms with E-state index in [2.05, 4.69) is 31.8 Å². The van der Waals surface area contributed by atoms with Crippen LogP contribution in [0.3, 0.4) is 0 Å². The third kappa shape index (κ3) is 5.74. The van der Waals surface area contributed by atoms with E-state index < -0.39 is 21.8 Å².